The second kappa shape index (κ2) is 9.54. The van der Waals surface area contributed by atoms with Crippen LogP contribution in [-0.4, -0.2) is 19.2 Å². The Bertz CT molecular complexity index is 330. The summed E-state index contributed by atoms with van der Waals surface area (Å²) in [5.74, 6) is 0. The summed E-state index contributed by atoms with van der Waals surface area (Å²) in [7, 11) is 0. The minimum Gasteiger partial charge on any atom is -0.374 e. The highest BCUT2D eigenvalue weighted by atomic mass is 79.9. The Kier molecular flexibility index (Phi) is 8.31. The molecule has 2 nitrogen and oxygen atoms in total. The molecule has 0 aliphatic carbocycles. The third-order valence-electron chi connectivity index (χ3n) is 2.87. The Morgan fingerprint density at radius 3 is 2.78 bits per heavy atom. The van der Waals surface area contributed by atoms with Crippen LogP contribution >= 0.6 is 15.9 Å². The molecular formula is C15H24BrNO. The van der Waals surface area contributed by atoms with Crippen LogP contribution in [0.5, 0.6) is 0 Å². The van der Waals surface area contributed by atoms with Gasteiger partial charge in [0.05, 0.1) is 12.7 Å². The van der Waals surface area contributed by atoms with E-state index in [1.54, 1.807) is 0 Å². The van der Waals surface area contributed by atoms with Crippen molar-refractivity contribution in [2.45, 2.75) is 45.8 Å². The van der Waals surface area contributed by atoms with Gasteiger partial charge in [0.1, 0.15) is 0 Å². The maximum Gasteiger partial charge on any atom is 0.0731 e. The Morgan fingerprint density at radius 1 is 1.28 bits per heavy atom. The van der Waals surface area contributed by atoms with Gasteiger partial charge in [-0.15, -0.1) is 0 Å². The van der Waals surface area contributed by atoms with Crippen molar-refractivity contribution in [1.29, 1.82) is 0 Å². The Labute approximate surface area is 119 Å². The Balaban J connectivity index is 2.13. The average molecular weight is 314 g/mol. The first-order valence-electron chi connectivity index (χ1n) is 6.79. The Morgan fingerprint density at radius 2 is 2.06 bits per heavy atom. The molecule has 0 amide bonds. The highest BCUT2D eigenvalue weighted by Crippen LogP contribution is 2.17. The SMILES string of the molecule is CCCNCCCC(C)OCc1ccccc1Br. The molecule has 1 N–H and O–H groups in total. The summed E-state index contributed by atoms with van der Waals surface area (Å²) < 4.78 is 6.98. The molecule has 0 radical (unpaired) electrons. The number of benzene rings is 1. The zero-order chi connectivity index (χ0) is 13.2. The topological polar surface area (TPSA) is 21.3 Å². The lowest BCUT2D eigenvalue weighted by atomic mass is 10.2. The molecule has 1 rings (SSSR count). The molecule has 0 saturated carbocycles. The minimum atomic E-state index is 0.320. The fourth-order valence-corrected chi connectivity index (χ4v) is 2.15. The zero-order valence-corrected chi connectivity index (χ0v) is 13.0. The quantitative estimate of drug-likeness (QED) is 0.692. The third kappa shape index (κ3) is 6.53. The lowest BCUT2D eigenvalue weighted by molar-refractivity contribution is 0.0461. The van der Waals surface area contributed by atoms with E-state index in [9.17, 15) is 0 Å². The van der Waals surface area contributed by atoms with Crippen molar-refractivity contribution in [2.24, 2.45) is 0 Å². The zero-order valence-electron chi connectivity index (χ0n) is 11.4. The van der Waals surface area contributed by atoms with E-state index in [0.29, 0.717) is 12.7 Å². The molecule has 1 atom stereocenters. The summed E-state index contributed by atoms with van der Waals surface area (Å²) in [5.41, 5.74) is 1.22. The summed E-state index contributed by atoms with van der Waals surface area (Å²) in [5, 5.41) is 3.41. The van der Waals surface area contributed by atoms with Gasteiger partial charge in [0.2, 0.25) is 0 Å². The first kappa shape index (κ1) is 15.7. The van der Waals surface area contributed by atoms with E-state index in [2.05, 4.69) is 47.2 Å². The summed E-state index contributed by atoms with van der Waals surface area (Å²) in [6, 6.07) is 8.22. The molecule has 0 bridgehead atoms. The molecule has 102 valence electrons. The van der Waals surface area contributed by atoms with E-state index < -0.39 is 0 Å². The van der Waals surface area contributed by atoms with Gasteiger partial charge in [-0.2, -0.15) is 0 Å². The Hall–Kier alpha value is -0.380. The summed E-state index contributed by atoms with van der Waals surface area (Å²) in [6.45, 7) is 7.24. The molecule has 1 aromatic carbocycles. The van der Waals surface area contributed by atoms with Crippen LogP contribution in [0.25, 0.3) is 0 Å². The van der Waals surface area contributed by atoms with Crippen LogP contribution in [0.2, 0.25) is 0 Å². The first-order chi connectivity index (χ1) is 8.74. The van der Waals surface area contributed by atoms with Gasteiger partial charge in [-0.1, -0.05) is 41.1 Å². The number of halogens is 1. The second-order valence-electron chi connectivity index (χ2n) is 4.61. The minimum absolute atomic E-state index is 0.320. The van der Waals surface area contributed by atoms with Crippen molar-refractivity contribution in [3.8, 4) is 0 Å². The molecule has 1 unspecified atom stereocenters. The number of hydrogen-bond acceptors (Lipinski definition) is 2. The number of hydrogen-bond donors (Lipinski definition) is 1. The molecule has 0 aromatic heterocycles. The lowest BCUT2D eigenvalue weighted by Crippen LogP contribution is -2.18. The monoisotopic (exact) mass is 313 g/mol. The largest absolute Gasteiger partial charge is 0.374 e. The predicted molar refractivity (Wildman–Crippen MR) is 80.8 cm³/mol. The summed E-state index contributed by atoms with van der Waals surface area (Å²) in [4.78, 5) is 0. The van der Waals surface area contributed by atoms with Crippen LogP contribution in [0.3, 0.4) is 0 Å². The number of rotatable bonds is 9. The van der Waals surface area contributed by atoms with Crippen molar-refractivity contribution in [2.75, 3.05) is 13.1 Å². The van der Waals surface area contributed by atoms with E-state index in [0.717, 1.165) is 24.0 Å². The molecule has 0 saturated heterocycles. The van der Waals surface area contributed by atoms with Crippen LogP contribution < -0.4 is 5.32 Å². The summed E-state index contributed by atoms with van der Waals surface area (Å²) >= 11 is 3.54. The van der Waals surface area contributed by atoms with Gasteiger partial charge in [-0.3, -0.25) is 0 Å². The van der Waals surface area contributed by atoms with Crippen LogP contribution in [0.4, 0.5) is 0 Å². The highest BCUT2D eigenvalue weighted by molar-refractivity contribution is 9.10. The predicted octanol–water partition coefficient (Wildman–Crippen LogP) is 4.13. The lowest BCUT2D eigenvalue weighted by Gasteiger charge is -2.14. The van der Waals surface area contributed by atoms with Gasteiger partial charge in [0, 0.05) is 4.47 Å². The van der Waals surface area contributed by atoms with Gasteiger partial charge in [-0.25, -0.2) is 0 Å². The normalized spacial score (nSPS) is 12.6. The van der Waals surface area contributed by atoms with Crippen molar-refractivity contribution in [3.05, 3.63) is 34.3 Å². The maximum absolute atomic E-state index is 5.86. The second-order valence-corrected chi connectivity index (χ2v) is 5.46. The van der Waals surface area contributed by atoms with Gasteiger partial charge < -0.3 is 10.1 Å². The molecule has 1 aromatic rings. The average Bonchev–Trinajstić information content (AvgIpc) is 2.37. The van der Waals surface area contributed by atoms with Gasteiger partial charge in [0.15, 0.2) is 0 Å². The van der Waals surface area contributed by atoms with Gasteiger partial charge in [0.25, 0.3) is 0 Å². The van der Waals surface area contributed by atoms with Crippen LogP contribution in [0.1, 0.15) is 38.7 Å². The molecule has 0 heterocycles. The molecule has 0 fully saturated rings. The van der Waals surface area contributed by atoms with Crippen molar-refractivity contribution < 1.29 is 4.74 Å². The first-order valence-corrected chi connectivity index (χ1v) is 7.59. The van der Waals surface area contributed by atoms with Gasteiger partial charge >= 0.3 is 0 Å². The molecule has 0 spiro atoms. The van der Waals surface area contributed by atoms with E-state index in [-0.39, 0.29) is 0 Å². The number of nitrogens with one attached hydrogen (secondary N) is 1. The van der Waals surface area contributed by atoms with E-state index >= 15 is 0 Å². The van der Waals surface area contributed by atoms with Gasteiger partial charge in [-0.05, 0) is 50.9 Å². The molecule has 18 heavy (non-hydrogen) atoms. The van der Waals surface area contributed by atoms with Crippen LogP contribution in [-0.2, 0) is 11.3 Å². The van der Waals surface area contributed by atoms with Crippen LogP contribution in [0.15, 0.2) is 28.7 Å². The van der Waals surface area contributed by atoms with Crippen LogP contribution in [0, 0.1) is 0 Å². The standard InChI is InChI=1S/C15H24BrNO/c1-3-10-17-11-6-7-13(2)18-12-14-8-4-5-9-15(14)16/h4-5,8-9,13,17H,3,6-7,10-12H2,1-2H3. The smallest absolute Gasteiger partial charge is 0.0731 e. The van der Waals surface area contributed by atoms with Crippen molar-refractivity contribution >= 4 is 15.9 Å². The number of ether oxygens (including phenoxy) is 1. The highest BCUT2D eigenvalue weighted by Gasteiger charge is 2.04. The summed E-state index contributed by atoms with van der Waals surface area (Å²) in [6.07, 6.45) is 3.81. The van der Waals surface area contributed by atoms with Crippen molar-refractivity contribution in [3.63, 3.8) is 0 Å². The molecule has 0 aliphatic heterocycles. The van der Waals surface area contributed by atoms with E-state index in [4.69, 9.17) is 4.74 Å². The third-order valence-corrected chi connectivity index (χ3v) is 3.65. The molecule has 0 aliphatic rings. The fraction of sp³-hybridized carbons (Fsp3) is 0.600. The fourth-order valence-electron chi connectivity index (χ4n) is 1.75. The maximum atomic E-state index is 5.86. The molecular weight excluding hydrogens is 290 g/mol. The molecule has 3 heteroatoms. The van der Waals surface area contributed by atoms with Crippen molar-refractivity contribution in [1.82, 2.24) is 5.32 Å². The van der Waals surface area contributed by atoms with E-state index in [1.165, 1.54) is 18.4 Å². The van der Waals surface area contributed by atoms with E-state index in [1.807, 2.05) is 12.1 Å².